The summed E-state index contributed by atoms with van der Waals surface area (Å²) in [5.74, 6) is -0.775. The number of aliphatic hydroxyl groups excluding tert-OH is 1. The van der Waals surface area contributed by atoms with Crippen LogP contribution in [0.4, 0.5) is 11.6 Å². The average Bonchev–Trinajstić information content (AvgIpc) is 3.43. The van der Waals surface area contributed by atoms with E-state index < -0.39 is 23.8 Å². The molecule has 3 aromatic rings. The number of piperazine rings is 1. The summed E-state index contributed by atoms with van der Waals surface area (Å²) in [4.78, 5) is 52.9. The molecular weight excluding hydrogens is 504 g/mol. The van der Waals surface area contributed by atoms with Gasteiger partial charge in [-0.3, -0.25) is 24.2 Å². The summed E-state index contributed by atoms with van der Waals surface area (Å²) in [6.07, 6.45) is 2.49. The SMILES string of the molecule is O=C(Nc1cccc2c1C(=O)N(CC(O)CN1CCN(c3ncccn3)CC1)C2=O)c1ccc(Cl)s1. The Labute approximate surface area is 216 Å². The van der Waals surface area contributed by atoms with Gasteiger partial charge >= 0.3 is 0 Å². The third-order valence-electron chi connectivity index (χ3n) is 6.11. The van der Waals surface area contributed by atoms with Crippen molar-refractivity contribution in [3.8, 4) is 0 Å². The fourth-order valence-electron chi connectivity index (χ4n) is 4.38. The van der Waals surface area contributed by atoms with E-state index in [2.05, 4.69) is 25.1 Å². The molecule has 186 valence electrons. The number of hydrogen-bond acceptors (Lipinski definition) is 9. The molecule has 0 aliphatic carbocycles. The molecule has 5 rings (SSSR count). The molecule has 1 atom stereocenters. The number of nitrogens with one attached hydrogen (secondary N) is 1. The lowest BCUT2D eigenvalue weighted by Gasteiger charge is -2.35. The minimum Gasteiger partial charge on any atom is -0.390 e. The van der Waals surface area contributed by atoms with Gasteiger partial charge in [0.25, 0.3) is 17.7 Å². The first-order chi connectivity index (χ1) is 17.4. The molecule has 2 aromatic heterocycles. The van der Waals surface area contributed by atoms with Crippen LogP contribution in [-0.4, -0.2) is 88.0 Å². The van der Waals surface area contributed by atoms with Crippen molar-refractivity contribution in [3.05, 3.63) is 69.1 Å². The number of thiophene rings is 1. The normalized spacial score (nSPS) is 16.8. The number of fused-ring (bicyclic) bond motifs is 1. The van der Waals surface area contributed by atoms with Gasteiger partial charge in [-0.15, -0.1) is 11.3 Å². The van der Waals surface area contributed by atoms with Gasteiger partial charge in [0, 0.05) is 45.1 Å². The highest BCUT2D eigenvalue weighted by Crippen LogP contribution is 2.31. The molecule has 1 unspecified atom stereocenters. The van der Waals surface area contributed by atoms with E-state index in [4.69, 9.17) is 11.6 Å². The van der Waals surface area contributed by atoms with Crippen LogP contribution < -0.4 is 10.2 Å². The number of halogens is 1. The molecule has 12 heteroatoms. The van der Waals surface area contributed by atoms with Crippen LogP contribution in [0.25, 0.3) is 0 Å². The molecule has 0 saturated carbocycles. The molecule has 1 aromatic carbocycles. The highest BCUT2D eigenvalue weighted by Gasteiger charge is 2.39. The maximum atomic E-state index is 13.2. The third kappa shape index (κ3) is 4.96. The van der Waals surface area contributed by atoms with Crippen LogP contribution >= 0.6 is 22.9 Å². The number of nitrogens with zero attached hydrogens (tertiary/aromatic N) is 5. The lowest BCUT2D eigenvalue weighted by Crippen LogP contribution is -2.50. The number of carbonyl (C=O) groups excluding carboxylic acids is 3. The molecule has 1 saturated heterocycles. The van der Waals surface area contributed by atoms with E-state index in [1.807, 2.05) is 0 Å². The van der Waals surface area contributed by atoms with Crippen molar-refractivity contribution < 1.29 is 19.5 Å². The Hall–Kier alpha value is -3.38. The van der Waals surface area contributed by atoms with Crippen molar-refractivity contribution in [2.75, 3.05) is 49.5 Å². The highest BCUT2D eigenvalue weighted by molar-refractivity contribution is 7.18. The minimum absolute atomic E-state index is 0.127. The summed E-state index contributed by atoms with van der Waals surface area (Å²) in [5.41, 5.74) is 0.574. The molecule has 0 bridgehead atoms. The summed E-state index contributed by atoms with van der Waals surface area (Å²) in [6.45, 7) is 2.99. The molecule has 36 heavy (non-hydrogen) atoms. The number of amides is 3. The lowest BCUT2D eigenvalue weighted by molar-refractivity contribution is 0.0469. The smallest absolute Gasteiger partial charge is 0.265 e. The number of carbonyl (C=O) groups is 3. The van der Waals surface area contributed by atoms with E-state index in [0.29, 0.717) is 47.9 Å². The summed E-state index contributed by atoms with van der Waals surface area (Å²) in [5, 5.41) is 13.4. The molecule has 0 spiro atoms. The molecule has 0 radical (unpaired) electrons. The second-order valence-corrected chi connectivity index (χ2v) is 10.2. The van der Waals surface area contributed by atoms with Gasteiger partial charge in [-0.25, -0.2) is 9.97 Å². The van der Waals surface area contributed by atoms with Crippen molar-refractivity contribution in [1.82, 2.24) is 19.8 Å². The monoisotopic (exact) mass is 526 g/mol. The average molecular weight is 527 g/mol. The maximum absolute atomic E-state index is 13.2. The Bertz CT molecular complexity index is 1290. The van der Waals surface area contributed by atoms with Crippen molar-refractivity contribution >= 4 is 52.3 Å². The van der Waals surface area contributed by atoms with Gasteiger partial charge in [0.1, 0.15) is 0 Å². The molecule has 3 amide bonds. The molecule has 2 aliphatic heterocycles. The van der Waals surface area contributed by atoms with Crippen molar-refractivity contribution in [1.29, 1.82) is 0 Å². The van der Waals surface area contributed by atoms with Crippen LogP contribution in [0.15, 0.2) is 48.8 Å². The van der Waals surface area contributed by atoms with Crippen LogP contribution in [0.5, 0.6) is 0 Å². The Morgan fingerprint density at radius 3 is 2.47 bits per heavy atom. The number of imide groups is 1. The second kappa shape index (κ2) is 10.3. The molecular formula is C24H23ClN6O4S. The quantitative estimate of drug-likeness (QED) is 0.450. The van der Waals surface area contributed by atoms with E-state index in [9.17, 15) is 19.5 Å². The standard InChI is InChI=1S/C24H23ClN6O4S/c25-19-6-5-18(36-19)21(33)28-17-4-1-3-16-20(17)23(35)31(22(16)34)14-15(32)13-29-9-11-30(12-10-29)24-26-7-2-8-27-24/h1-8,15,32H,9-14H2,(H,28,33). The summed E-state index contributed by atoms with van der Waals surface area (Å²) in [6, 6.07) is 9.71. The Kier molecular flexibility index (Phi) is 6.97. The predicted octanol–water partition coefficient (Wildman–Crippen LogP) is 2.22. The summed E-state index contributed by atoms with van der Waals surface area (Å²) in [7, 11) is 0. The van der Waals surface area contributed by atoms with Gasteiger partial charge in [-0.2, -0.15) is 0 Å². The van der Waals surface area contributed by atoms with Gasteiger partial charge in [0.2, 0.25) is 5.95 Å². The Morgan fingerprint density at radius 1 is 1.03 bits per heavy atom. The van der Waals surface area contributed by atoms with E-state index in [1.165, 1.54) is 0 Å². The van der Waals surface area contributed by atoms with Crippen LogP contribution in [0.1, 0.15) is 30.4 Å². The largest absolute Gasteiger partial charge is 0.390 e. The van der Waals surface area contributed by atoms with E-state index in [-0.39, 0.29) is 23.4 Å². The molecule has 4 heterocycles. The van der Waals surface area contributed by atoms with E-state index in [0.717, 1.165) is 16.2 Å². The molecule has 2 N–H and O–H groups in total. The number of aromatic nitrogens is 2. The van der Waals surface area contributed by atoms with Gasteiger partial charge in [0.15, 0.2) is 0 Å². The van der Waals surface area contributed by atoms with Crippen LogP contribution in [0.3, 0.4) is 0 Å². The first-order valence-corrected chi connectivity index (χ1v) is 12.6. The number of anilines is 2. The first kappa shape index (κ1) is 24.3. The van der Waals surface area contributed by atoms with E-state index >= 15 is 0 Å². The number of benzene rings is 1. The molecule has 10 nitrogen and oxygen atoms in total. The van der Waals surface area contributed by atoms with Crippen LogP contribution in [-0.2, 0) is 0 Å². The third-order valence-corrected chi connectivity index (χ3v) is 7.34. The molecule has 2 aliphatic rings. The van der Waals surface area contributed by atoms with Gasteiger partial charge in [-0.05, 0) is 30.3 Å². The zero-order valence-corrected chi connectivity index (χ0v) is 20.7. The summed E-state index contributed by atoms with van der Waals surface area (Å²) < 4.78 is 0.472. The Morgan fingerprint density at radius 2 is 1.78 bits per heavy atom. The zero-order chi connectivity index (χ0) is 25.2. The first-order valence-electron chi connectivity index (χ1n) is 11.4. The Balaban J connectivity index is 1.20. The highest BCUT2D eigenvalue weighted by atomic mass is 35.5. The lowest BCUT2D eigenvalue weighted by atomic mass is 10.1. The van der Waals surface area contributed by atoms with Gasteiger partial charge in [0.05, 0.1) is 38.7 Å². The number of β-amino-alcohol motifs (C(OH)–C–C–N with tert-alkyl or cyclic N) is 1. The number of rotatable bonds is 7. The summed E-state index contributed by atoms with van der Waals surface area (Å²) >= 11 is 7.03. The van der Waals surface area contributed by atoms with Crippen molar-refractivity contribution in [3.63, 3.8) is 0 Å². The van der Waals surface area contributed by atoms with E-state index in [1.54, 1.807) is 48.8 Å². The second-order valence-electron chi connectivity index (χ2n) is 8.50. The van der Waals surface area contributed by atoms with Crippen molar-refractivity contribution in [2.24, 2.45) is 0 Å². The minimum atomic E-state index is -0.918. The van der Waals surface area contributed by atoms with Crippen LogP contribution in [0, 0.1) is 0 Å². The van der Waals surface area contributed by atoms with Gasteiger partial charge in [-0.1, -0.05) is 17.7 Å². The van der Waals surface area contributed by atoms with Crippen molar-refractivity contribution in [2.45, 2.75) is 6.10 Å². The number of aliphatic hydroxyl groups is 1. The topological polar surface area (TPSA) is 119 Å². The maximum Gasteiger partial charge on any atom is 0.265 e. The fourth-order valence-corrected chi connectivity index (χ4v) is 5.31. The predicted molar refractivity (Wildman–Crippen MR) is 136 cm³/mol. The van der Waals surface area contributed by atoms with Gasteiger partial charge < -0.3 is 15.3 Å². The van der Waals surface area contributed by atoms with Crippen LogP contribution in [0.2, 0.25) is 4.34 Å². The fraction of sp³-hybridized carbons (Fsp3) is 0.292. The molecule has 1 fully saturated rings. The number of hydrogen-bond donors (Lipinski definition) is 2. The zero-order valence-electron chi connectivity index (χ0n) is 19.1.